The van der Waals surface area contributed by atoms with Crippen LogP contribution in [0.25, 0.3) is 21.8 Å². The number of amides is 1. The van der Waals surface area contributed by atoms with E-state index in [0.29, 0.717) is 6.54 Å². The number of carbonyl (C=O) groups excluding carboxylic acids is 1. The second kappa shape index (κ2) is 6.97. The van der Waals surface area contributed by atoms with Gasteiger partial charge in [-0.2, -0.15) is 0 Å². The molecule has 1 aromatic heterocycles. The molecule has 1 heterocycles. The van der Waals surface area contributed by atoms with Crippen molar-refractivity contribution < 1.29 is 14.7 Å². The molecular formula is C20H22N2O3. The number of fused-ring (bicyclic) bond motifs is 3. The number of rotatable bonds is 6. The number of benzene rings is 2. The summed E-state index contributed by atoms with van der Waals surface area (Å²) in [6.45, 7) is 4.07. The van der Waals surface area contributed by atoms with E-state index in [4.69, 9.17) is 0 Å². The number of aryl methyl sites for hydroxylation is 1. The van der Waals surface area contributed by atoms with Crippen molar-refractivity contribution in [3.8, 4) is 0 Å². The number of nitrogens with one attached hydrogen (secondary N) is 1. The summed E-state index contributed by atoms with van der Waals surface area (Å²) in [5.74, 6) is -1.40. The van der Waals surface area contributed by atoms with Crippen molar-refractivity contribution in [2.75, 3.05) is 0 Å². The van der Waals surface area contributed by atoms with E-state index in [1.165, 1.54) is 0 Å². The number of carbonyl (C=O) groups is 2. The first kappa shape index (κ1) is 17.0. The minimum atomic E-state index is -1.000. The molecule has 0 saturated heterocycles. The molecule has 130 valence electrons. The van der Waals surface area contributed by atoms with Gasteiger partial charge in [-0.1, -0.05) is 50.2 Å². The zero-order chi connectivity index (χ0) is 18.0. The molecular weight excluding hydrogens is 316 g/mol. The predicted molar refractivity (Wildman–Crippen MR) is 98.5 cm³/mol. The van der Waals surface area contributed by atoms with Crippen molar-refractivity contribution in [3.63, 3.8) is 0 Å². The third-order valence-electron chi connectivity index (χ3n) is 4.49. The number of hydrogen-bond donors (Lipinski definition) is 2. The molecule has 5 heteroatoms. The molecule has 0 aliphatic carbocycles. The Balaban J connectivity index is 1.83. The van der Waals surface area contributed by atoms with Crippen molar-refractivity contribution in [3.05, 3.63) is 48.5 Å². The van der Waals surface area contributed by atoms with Crippen LogP contribution in [0.4, 0.5) is 0 Å². The average Bonchev–Trinajstić information content (AvgIpc) is 2.91. The Morgan fingerprint density at radius 2 is 1.52 bits per heavy atom. The lowest BCUT2D eigenvalue weighted by molar-refractivity contribution is -0.143. The van der Waals surface area contributed by atoms with Gasteiger partial charge in [-0.3, -0.25) is 4.79 Å². The number of carboxylic acids is 1. The lowest BCUT2D eigenvalue weighted by Gasteiger charge is -2.18. The van der Waals surface area contributed by atoms with E-state index in [1.807, 2.05) is 36.4 Å². The van der Waals surface area contributed by atoms with Crippen LogP contribution in [0, 0.1) is 5.92 Å². The van der Waals surface area contributed by atoms with Crippen LogP contribution in [0.3, 0.4) is 0 Å². The first-order chi connectivity index (χ1) is 12.0. The monoisotopic (exact) mass is 338 g/mol. The highest BCUT2D eigenvalue weighted by atomic mass is 16.4. The van der Waals surface area contributed by atoms with Crippen LogP contribution in [0.1, 0.15) is 20.3 Å². The maximum atomic E-state index is 12.2. The second-order valence-electron chi connectivity index (χ2n) is 6.56. The number of hydrogen-bond acceptors (Lipinski definition) is 2. The first-order valence-electron chi connectivity index (χ1n) is 8.47. The van der Waals surface area contributed by atoms with Crippen molar-refractivity contribution >= 4 is 33.7 Å². The molecule has 25 heavy (non-hydrogen) atoms. The number of carboxylic acid groups (broad SMARTS) is 1. The molecule has 0 bridgehead atoms. The molecule has 2 N–H and O–H groups in total. The van der Waals surface area contributed by atoms with Crippen LogP contribution in [-0.4, -0.2) is 27.6 Å². The Hall–Kier alpha value is -2.82. The molecule has 0 fully saturated rings. The maximum absolute atomic E-state index is 12.2. The van der Waals surface area contributed by atoms with Crippen LogP contribution in [-0.2, 0) is 16.1 Å². The van der Waals surface area contributed by atoms with Crippen LogP contribution in [0.5, 0.6) is 0 Å². The summed E-state index contributed by atoms with van der Waals surface area (Å²) in [7, 11) is 0. The van der Waals surface area contributed by atoms with Gasteiger partial charge in [0, 0.05) is 34.8 Å². The van der Waals surface area contributed by atoms with E-state index in [-0.39, 0.29) is 18.2 Å². The van der Waals surface area contributed by atoms with Crippen LogP contribution < -0.4 is 5.32 Å². The summed E-state index contributed by atoms with van der Waals surface area (Å²) < 4.78 is 2.12. The molecule has 0 saturated carbocycles. The zero-order valence-electron chi connectivity index (χ0n) is 14.4. The summed E-state index contributed by atoms with van der Waals surface area (Å²) in [4.78, 5) is 23.5. The standard InChI is InChI=1S/C20H22N2O3/c1-13(2)19(20(24)25)21-18(23)11-12-22-16-9-5-3-7-14(16)15-8-4-6-10-17(15)22/h3-10,13,19H,11-12H2,1-2H3,(H,21,23)(H,24,25)/t19-/m0/s1. The summed E-state index contributed by atoms with van der Waals surface area (Å²) in [6.07, 6.45) is 0.235. The second-order valence-corrected chi connectivity index (χ2v) is 6.56. The van der Waals surface area contributed by atoms with Crippen molar-refractivity contribution in [2.45, 2.75) is 32.9 Å². The van der Waals surface area contributed by atoms with Gasteiger partial charge in [0.1, 0.15) is 6.04 Å². The fourth-order valence-electron chi connectivity index (χ4n) is 3.22. The van der Waals surface area contributed by atoms with Crippen molar-refractivity contribution in [2.24, 2.45) is 5.92 Å². The van der Waals surface area contributed by atoms with E-state index < -0.39 is 12.0 Å². The van der Waals surface area contributed by atoms with Gasteiger partial charge in [-0.15, -0.1) is 0 Å². The quantitative estimate of drug-likeness (QED) is 0.723. The predicted octanol–water partition coefficient (Wildman–Crippen LogP) is 3.41. The topological polar surface area (TPSA) is 71.3 Å². The summed E-state index contributed by atoms with van der Waals surface area (Å²) in [5, 5.41) is 14.1. The molecule has 0 radical (unpaired) electrons. The Labute approximate surface area is 146 Å². The lowest BCUT2D eigenvalue weighted by Crippen LogP contribution is -2.44. The number of aliphatic carboxylic acids is 1. The largest absolute Gasteiger partial charge is 0.480 e. The lowest BCUT2D eigenvalue weighted by atomic mass is 10.0. The highest BCUT2D eigenvalue weighted by Gasteiger charge is 2.23. The van der Waals surface area contributed by atoms with Crippen molar-refractivity contribution in [1.82, 2.24) is 9.88 Å². The van der Waals surface area contributed by atoms with Crippen LogP contribution >= 0.6 is 0 Å². The first-order valence-corrected chi connectivity index (χ1v) is 8.47. The molecule has 1 amide bonds. The molecule has 0 spiro atoms. The van der Waals surface area contributed by atoms with Gasteiger partial charge in [-0.25, -0.2) is 4.79 Å². The summed E-state index contributed by atoms with van der Waals surface area (Å²) in [5.41, 5.74) is 2.16. The number of nitrogens with zero attached hydrogens (tertiary/aromatic N) is 1. The molecule has 5 nitrogen and oxygen atoms in total. The Morgan fingerprint density at radius 3 is 2.00 bits per heavy atom. The van der Waals surface area contributed by atoms with E-state index >= 15 is 0 Å². The smallest absolute Gasteiger partial charge is 0.326 e. The van der Waals surface area contributed by atoms with Gasteiger partial charge in [-0.05, 0) is 18.1 Å². The van der Waals surface area contributed by atoms with Crippen molar-refractivity contribution in [1.29, 1.82) is 0 Å². The van der Waals surface area contributed by atoms with Gasteiger partial charge in [0.05, 0.1) is 0 Å². The molecule has 0 unspecified atom stereocenters. The third-order valence-corrected chi connectivity index (χ3v) is 4.49. The fraction of sp³-hybridized carbons (Fsp3) is 0.300. The van der Waals surface area contributed by atoms with Crippen LogP contribution in [0.15, 0.2) is 48.5 Å². The average molecular weight is 338 g/mol. The van der Waals surface area contributed by atoms with Gasteiger partial charge in [0.15, 0.2) is 0 Å². The fourth-order valence-corrected chi connectivity index (χ4v) is 3.22. The van der Waals surface area contributed by atoms with E-state index in [1.54, 1.807) is 13.8 Å². The van der Waals surface area contributed by atoms with Gasteiger partial charge in [0.25, 0.3) is 0 Å². The van der Waals surface area contributed by atoms with E-state index in [2.05, 4.69) is 22.0 Å². The Morgan fingerprint density at radius 1 is 1.00 bits per heavy atom. The Kier molecular flexibility index (Phi) is 4.74. The number of aromatic nitrogens is 1. The van der Waals surface area contributed by atoms with Gasteiger partial charge < -0.3 is 15.0 Å². The highest BCUT2D eigenvalue weighted by molar-refractivity contribution is 6.08. The molecule has 3 rings (SSSR count). The molecule has 1 atom stereocenters. The Bertz CT molecular complexity index is 874. The molecule has 0 aliphatic heterocycles. The van der Waals surface area contributed by atoms with Gasteiger partial charge in [0.2, 0.25) is 5.91 Å². The normalized spacial score (nSPS) is 12.6. The minimum absolute atomic E-state index is 0.158. The van der Waals surface area contributed by atoms with Crippen LogP contribution in [0.2, 0.25) is 0 Å². The SMILES string of the molecule is CC(C)[C@H](NC(=O)CCn1c2ccccc2c2ccccc21)C(=O)O. The highest BCUT2D eigenvalue weighted by Crippen LogP contribution is 2.28. The molecule has 2 aromatic carbocycles. The molecule has 3 aromatic rings. The maximum Gasteiger partial charge on any atom is 0.326 e. The van der Waals surface area contributed by atoms with E-state index in [0.717, 1.165) is 21.8 Å². The number of para-hydroxylation sites is 2. The third kappa shape index (κ3) is 3.36. The molecule has 0 aliphatic rings. The van der Waals surface area contributed by atoms with Gasteiger partial charge >= 0.3 is 5.97 Å². The minimum Gasteiger partial charge on any atom is -0.480 e. The summed E-state index contributed by atoms with van der Waals surface area (Å²) >= 11 is 0. The summed E-state index contributed by atoms with van der Waals surface area (Å²) in [6, 6.07) is 15.4. The zero-order valence-corrected chi connectivity index (χ0v) is 14.4. The van der Waals surface area contributed by atoms with E-state index in [9.17, 15) is 14.7 Å².